The maximum Gasteiger partial charge on any atom is 0.315 e. The summed E-state index contributed by atoms with van der Waals surface area (Å²) in [7, 11) is 0. The lowest BCUT2D eigenvalue weighted by Gasteiger charge is -2.30. The van der Waals surface area contributed by atoms with Crippen LogP contribution in [0.15, 0.2) is 18.3 Å². The normalized spacial score (nSPS) is 30.4. The topological polar surface area (TPSA) is 74.2 Å². The fourth-order valence-corrected chi connectivity index (χ4v) is 3.97. The molecular weight excluding hydrogens is 266 g/mol. The molecule has 21 heavy (non-hydrogen) atoms. The number of nitrogens with one attached hydrogen (secondary N) is 2. The summed E-state index contributed by atoms with van der Waals surface area (Å²) < 4.78 is 0. The van der Waals surface area contributed by atoms with Crippen LogP contribution < -0.4 is 10.6 Å². The van der Waals surface area contributed by atoms with Gasteiger partial charge in [0, 0.05) is 24.8 Å². The van der Waals surface area contributed by atoms with Gasteiger partial charge in [0.25, 0.3) is 0 Å². The van der Waals surface area contributed by atoms with E-state index >= 15 is 0 Å². The van der Waals surface area contributed by atoms with E-state index in [1.807, 2.05) is 19.1 Å². The van der Waals surface area contributed by atoms with Crippen LogP contribution in [-0.2, 0) is 6.54 Å². The average molecular weight is 289 g/mol. The molecule has 0 aliphatic heterocycles. The van der Waals surface area contributed by atoms with Crippen LogP contribution in [0.2, 0.25) is 0 Å². The minimum atomic E-state index is -0.156. The van der Waals surface area contributed by atoms with E-state index in [2.05, 4.69) is 15.6 Å². The Morgan fingerprint density at radius 1 is 1.43 bits per heavy atom. The van der Waals surface area contributed by atoms with Crippen molar-refractivity contribution in [1.82, 2.24) is 15.6 Å². The van der Waals surface area contributed by atoms with Gasteiger partial charge in [-0.3, -0.25) is 4.98 Å². The van der Waals surface area contributed by atoms with Crippen molar-refractivity contribution in [1.29, 1.82) is 0 Å². The van der Waals surface area contributed by atoms with Gasteiger partial charge in [-0.15, -0.1) is 0 Å². The molecule has 0 radical (unpaired) electrons. The summed E-state index contributed by atoms with van der Waals surface area (Å²) in [6, 6.07) is 3.84. The second-order valence-electron chi connectivity index (χ2n) is 6.30. The Hall–Kier alpha value is -1.62. The molecule has 1 heterocycles. The summed E-state index contributed by atoms with van der Waals surface area (Å²) in [6.45, 7) is 2.59. The zero-order valence-corrected chi connectivity index (χ0v) is 12.4. The van der Waals surface area contributed by atoms with Gasteiger partial charge in [-0.2, -0.15) is 0 Å². The smallest absolute Gasteiger partial charge is 0.315 e. The molecule has 2 aliphatic rings. The molecule has 5 heteroatoms. The molecule has 0 saturated heterocycles. The van der Waals surface area contributed by atoms with Crippen LogP contribution in [0.3, 0.4) is 0 Å². The lowest BCUT2D eigenvalue weighted by molar-refractivity contribution is 0.144. The molecule has 5 nitrogen and oxygen atoms in total. The Morgan fingerprint density at radius 3 is 3.00 bits per heavy atom. The van der Waals surface area contributed by atoms with Gasteiger partial charge < -0.3 is 15.7 Å². The lowest BCUT2D eigenvalue weighted by atomic mass is 9.85. The first-order chi connectivity index (χ1) is 10.2. The zero-order valence-electron chi connectivity index (χ0n) is 12.4. The Balaban J connectivity index is 1.54. The van der Waals surface area contributed by atoms with Gasteiger partial charge in [0.2, 0.25) is 0 Å². The number of carbonyl (C=O) groups is 1. The SMILES string of the molecule is Cc1cccnc1CNC(=O)NC1C2CCC(C2)C1CO. The zero-order chi connectivity index (χ0) is 14.8. The monoisotopic (exact) mass is 289 g/mol. The molecule has 3 rings (SSSR count). The Bertz CT molecular complexity index is 520. The van der Waals surface area contributed by atoms with Crippen molar-refractivity contribution in [2.75, 3.05) is 6.61 Å². The second-order valence-corrected chi connectivity index (χ2v) is 6.30. The molecule has 2 amide bonds. The number of pyridine rings is 1. The van der Waals surface area contributed by atoms with E-state index in [4.69, 9.17) is 0 Å². The third-order valence-electron chi connectivity index (χ3n) is 5.13. The first-order valence-corrected chi connectivity index (χ1v) is 7.74. The number of hydrogen-bond donors (Lipinski definition) is 3. The number of aliphatic hydroxyl groups excluding tert-OH is 1. The highest BCUT2D eigenvalue weighted by atomic mass is 16.3. The number of urea groups is 1. The summed E-state index contributed by atoms with van der Waals surface area (Å²) in [5.74, 6) is 1.35. The van der Waals surface area contributed by atoms with Crippen LogP contribution in [0.25, 0.3) is 0 Å². The van der Waals surface area contributed by atoms with Gasteiger partial charge in [-0.1, -0.05) is 6.07 Å². The van der Waals surface area contributed by atoms with Crippen molar-refractivity contribution < 1.29 is 9.90 Å². The summed E-state index contributed by atoms with van der Waals surface area (Å²) in [6.07, 6.45) is 5.25. The van der Waals surface area contributed by atoms with Gasteiger partial charge in [-0.05, 0) is 49.7 Å². The molecule has 1 aromatic rings. The van der Waals surface area contributed by atoms with Gasteiger partial charge in [-0.25, -0.2) is 4.79 Å². The molecule has 0 spiro atoms. The van der Waals surface area contributed by atoms with Gasteiger partial charge >= 0.3 is 6.03 Å². The summed E-state index contributed by atoms with van der Waals surface area (Å²) in [5, 5.41) is 15.5. The lowest BCUT2D eigenvalue weighted by Crippen LogP contribution is -2.49. The number of fused-ring (bicyclic) bond motifs is 2. The summed E-state index contributed by atoms with van der Waals surface area (Å²) in [4.78, 5) is 16.4. The molecule has 2 fully saturated rings. The molecule has 3 N–H and O–H groups in total. The maximum atomic E-state index is 12.1. The Morgan fingerprint density at radius 2 is 2.24 bits per heavy atom. The third kappa shape index (κ3) is 2.88. The minimum absolute atomic E-state index is 0.124. The number of nitrogens with zero attached hydrogens (tertiary/aromatic N) is 1. The number of aliphatic hydroxyl groups is 1. The third-order valence-corrected chi connectivity index (χ3v) is 5.13. The Kier molecular flexibility index (Phi) is 4.10. The van der Waals surface area contributed by atoms with Crippen molar-refractivity contribution in [2.45, 2.75) is 38.8 Å². The van der Waals surface area contributed by atoms with E-state index < -0.39 is 0 Å². The first kappa shape index (κ1) is 14.3. The van der Waals surface area contributed by atoms with Crippen molar-refractivity contribution in [3.8, 4) is 0 Å². The van der Waals surface area contributed by atoms with Crippen LogP contribution in [0.4, 0.5) is 4.79 Å². The quantitative estimate of drug-likeness (QED) is 0.788. The molecule has 0 aromatic carbocycles. The highest BCUT2D eigenvalue weighted by molar-refractivity contribution is 5.74. The predicted octanol–water partition coefficient (Wildman–Crippen LogP) is 1.60. The average Bonchev–Trinajstić information content (AvgIpc) is 3.07. The molecular formula is C16H23N3O2. The van der Waals surface area contributed by atoms with E-state index in [1.165, 1.54) is 12.8 Å². The van der Waals surface area contributed by atoms with Crippen LogP contribution in [0.5, 0.6) is 0 Å². The number of rotatable bonds is 4. The summed E-state index contributed by atoms with van der Waals surface area (Å²) >= 11 is 0. The largest absolute Gasteiger partial charge is 0.396 e. The molecule has 4 atom stereocenters. The summed E-state index contributed by atoms with van der Waals surface area (Å²) in [5.41, 5.74) is 1.96. The van der Waals surface area contributed by atoms with Crippen LogP contribution in [-0.4, -0.2) is 28.8 Å². The number of hydrogen-bond acceptors (Lipinski definition) is 3. The van der Waals surface area contributed by atoms with Crippen LogP contribution >= 0.6 is 0 Å². The van der Waals surface area contributed by atoms with E-state index in [-0.39, 0.29) is 24.6 Å². The first-order valence-electron chi connectivity index (χ1n) is 7.74. The molecule has 4 unspecified atom stereocenters. The van der Waals surface area contributed by atoms with E-state index in [0.29, 0.717) is 18.4 Å². The molecule has 2 aliphatic carbocycles. The van der Waals surface area contributed by atoms with E-state index in [1.54, 1.807) is 6.20 Å². The number of aromatic nitrogens is 1. The minimum Gasteiger partial charge on any atom is -0.396 e. The maximum absolute atomic E-state index is 12.1. The fraction of sp³-hybridized carbons (Fsp3) is 0.625. The van der Waals surface area contributed by atoms with E-state index in [0.717, 1.165) is 17.7 Å². The van der Waals surface area contributed by atoms with Gasteiger partial charge in [0.05, 0.1) is 12.2 Å². The molecule has 2 bridgehead atoms. The molecule has 1 aromatic heterocycles. The van der Waals surface area contributed by atoms with Crippen molar-refractivity contribution in [3.05, 3.63) is 29.6 Å². The van der Waals surface area contributed by atoms with Crippen molar-refractivity contribution >= 4 is 6.03 Å². The highest BCUT2D eigenvalue weighted by Gasteiger charge is 2.47. The number of carbonyl (C=O) groups excluding carboxylic acids is 1. The van der Waals surface area contributed by atoms with Crippen molar-refractivity contribution in [3.63, 3.8) is 0 Å². The number of aryl methyl sites for hydroxylation is 1. The predicted molar refractivity (Wildman–Crippen MR) is 79.5 cm³/mol. The highest BCUT2D eigenvalue weighted by Crippen LogP contribution is 2.48. The van der Waals surface area contributed by atoms with Crippen LogP contribution in [0.1, 0.15) is 30.5 Å². The number of amides is 2. The van der Waals surface area contributed by atoms with Crippen LogP contribution in [0, 0.1) is 24.7 Å². The molecule has 2 saturated carbocycles. The molecule has 114 valence electrons. The van der Waals surface area contributed by atoms with Gasteiger partial charge in [0.1, 0.15) is 0 Å². The Labute approximate surface area is 125 Å². The van der Waals surface area contributed by atoms with E-state index in [9.17, 15) is 9.90 Å². The fourth-order valence-electron chi connectivity index (χ4n) is 3.97. The second kappa shape index (κ2) is 6.02. The van der Waals surface area contributed by atoms with Crippen molar-refractivity contribution in [2.24, 2.45) is 17.8 Å². The van der Waals surface area contributed by atoms with Gasteiger partial charge in [0.15, 0.2) is 0 Å². The standard InChI is InChI=1S/C16H23N3O2/c1-10-3-2-6-17-14(10)8-18-16(21)19-15-12-5-4-11(7-12)13(15)9-20/h2-3,6,11-13,15,20H,4-5,7-9H2,1H3,(H2,18,19,21).